The number of anilines is 5. The molecule has 13 nitrogen and oxygen atoms in total. The molecule has 234 valence electrons. The Balaban J connectivity index is 1.38. The molecule has 0 bridgehead atoms. The number of fused-ring (bicyclic) bond motifs is 1. The number of nitrogens with zero attached hydrogens (tertiary/aromatic N) is 7. The van der Waals surface area contributed by atoms with E-state index in [0.717, 1.165) is 16.8 Å². The van der Waals surface area contributed by atoms with E-state index in [4.69, 9.17) is 9.72 Å². The second-order valence-electron chi connectivity index (χ2n) is 11.0. The van der Waals surface area contributed by atoms with Crippen molar-refractivity contribution in [1.82, 2.24) is 29.7 Å². The third-order valence-electron chi connectivity index (χ3n) is 7.41. The third-order valence-corrected chi connectivity index (χ3v) is 11.1. The minimum absolute atomic E-state index is 0.0846. The summed E-state index contributed by atoms with van der Waals surface area (Å²) in [6.45, 7) is 4.15. The summed E-state index contributed by atoms with van der Waals surface area (Å²) in [4.78, 5) is 20.1. The number of hydrogen-bond acceptors (Lipinski definition) is 12. The van der Waals surface area contributed by atoms with Crippen LogP contribution >= 0.6 is 23.1 Å². The summed E-state index contributed by atoms with van der Waals surface area (Å²) in [5, 5.41) is 11.5. The van der Waals surface area contributed by atoms with E-state index in [-0.39, 0.29) is 17.5 Å². The van der Waals surface area contributed by atoms with Crippen molar-refractivity contribution in [3.8, 4) is 16.9 Å². The first-order chi connectivity index (χ1) is 21.4. The predicted molar refractivity (Wildman–Crippen MR) is 181 cm³/mol. The molecule has 1 saturated heterocycles. The number of hydrogen-bond donors (Lipinski definition) is 2. The Kier molecular flexibility index (Phi) is 8.27. The lowest BCUT2D eigenvalue weighted by atomic mass is 10.0. The van der Waals surface area contributed by atoms with E-state index in [2.05, 4.69) is 51.5 Å². The first-order valence-electron chi connectivity index (χ1n) is 13.9. The summed E-state index contributed by atoms with van der Waals surface area (Å²) < 4.78 is 45.8. The zero-order valence-corrected chi connectivity index (χ0v) is 28.3. The van der Waals surface area contributed by atoms with Crippen LogP contribution in [0.25, 0.3) is 22.2 Å². The molecule has 3 aromatic heterocycles. The second-order valence-corrected chi connectivity index (χ2v) is 17.3. The first kappa shape index (κ1) is 30.9. The molecule has 0 atom stereocenters. The van der Waals surface area contributed by atoms with E-state index in [1.807, 2.05) is 37.5 Å². The predicted octanol–water partition coefficient (Wildman–Crippen LogP) is 4.56. The van der Waals surface area contributed by atoms with Gasteiger partial charge < -0.3 is 24.8 Å². The van der Waals surface area contributed by atoms with Crippen molar-refractivity contribution >= 4 is 78.1 Å². The Labute approximate surface area is 268 Å². The van der Waals surface area contributed by atoms with Gasteiger partial charge >= 0.3 is 0 Å². The average molecular weight is 713 g/mol. The lowest BCUT2D eigenvalue weighted by molar-refractivity contribution is 0.417. The van der Waals surface area contributed by atoms with E-state index in [1.54, 1.807) is 49.9 Å². The van der Waals surface area contributed by atoms with Crippen molar-refractivity contribution in [3.05, 3.63) is 59.7 Å². The van der Waals surface area contributed by atoms with E-state index in [0.29, 0.717) is 56.8 Å². The van der Waals surface area contributed by atoms with Crippen LogP contribution in [0, 0.1) is 0 Å². The van der Waals surface area contributed by atoms with Gasteiger partial charge in [0, 0.05) is 67.8 Å². The van der Waals surface area contributed by atoms with E-state index in [1.165, 1.54) is 0 Å². The molecule has 0 aliphatic carbocycles. The van der Waals surface area contributed by atoms with Gasteiger partial charge in [-0.2, -0.15) is 10.1 Å². The van der Waals surface area contributed by atoms with Crippen LogP contribution < -0.4 is 25.6 Å². The number of aromatic nitrogens is 6. The van der Waals surface area contributed by atoms with Crippen molar-refractivity contribution in [2.45, 2.75) is 0 Å². The molecule has 2 N–H and O–H groups in total. The van der Waals surface area contributed by atoms with Gasteiger partial charge in [0.05, 0.1) is 51.5 Å². The monoisotopic (exact) mass is 711 g/mol. The fourth-order valence-electron chi connectivity index (χ4n) is 5.27. The number of halogens is 1. The van der Waals surface area contributed by atoms with Gasteiger partial charge in [-0.3, -0.25) is 14.6 Å². The third kappa shape index (κ3) is 6.51. The van der Waals surface area contributed by atoms with Crippen LogP contribution in [-0.4, -0.2) is 83.2 Å². The molecule has 1 aliphatic heterocycles. The van der Waals surface area contributed by atoms with Gasteiger partial charge in [-0.25, -0.2) is 13.4 Å². The largest absolute Gasteiger partial charge is 0.494 e. The number of benzene rings is 2. The quantitative estimate of drug-likeness (QED) is 0.217. The molecule has 0 unspecified atom stereocenters. The fourth-order valence-corrected chi connectivity index (χ4v) is 8.16. The van der Waals surface area contributed by atoms with Crippen LogP contribution in [0.3, 0.4) is 0 Å². The Morgan fingerprint density at radius 3 is 2.44 bits per heavy atom. The summed E-state index contributed by atoms with van der Waals surface area (Å²) in [6.07, 6.45) is 8.47. The number of aryl methyl sites for hydroxylation is 1. The van der Waals surface area contributed by atoms with Gasteiger partial charge in [-0.05, 0) is 47.5 Å². The number of ether oxygens (including phenoxy) is 1. The Bertz CT molecular complexity index is 2070. The van der Waals surface area contributed by atoms with E-state index in [9.17, 15) is 13.0 Å². The highest BCUT2D eigenvalue weighted by atomic mass is 79.9. The molecule has 45 heavy (non-hydrogen) atoms. The van der Waals surface area contributed by atoms with Gasteiger partial charge in [-0.1, -0.05) is 0 Å². The average Bonchev–Trinajstić information content (AvgIpc) is 3.44. The van der Waals surface area contributed by atoms with Gasteiger partial charge in [0.2, 0.25) is 5.95 Å². The highest BCUT2D eigenvalue weighted by Gasteiger charge is 2.26. The summed E-state index contributed by atoms with van der Waals surface area (Å²) in [7, 11) is -2.44. The maximum absolute atomic E-state index is 13.4. The van der Waals surface area contributed by atoms with Crippen molar-refractivity contribution < 1.29 is 17.7 Å². The van der Waals surface area contributed by atoms with Gasteiger partial charge in [0.25, 0.3) is 0 Å². The molecule has 0 amide bonds. The summed E-state index contributed by atoms with van der Waals surface area (Å²) in [5.41, 5.74) is 4.98. The topological polar surface area (TPSA) is 157 Å². The van der Waals surface area contributed by atoms with Gasteiger partial charge in [0.1, 0.15) is 24.2 Å². The molecule has 16 heteroatoms. The SMILES string of the molecule is COc1cc(N2CCS(=O)(=O)CC2)c(-c2cnn(C)c2)cc1Nc1ncc(Br)c(Nc2ccc3nccnc3c2P(C)(C)=O)n1. The number of nitrogens with one attached hydrogen (secondary N) is 2. The fraction of sp³-hybridized carbons (Fsp3) is 0.276. The molecule has 4 heterocycles. The first-order valence-corrected chi connectivity index (χ1v) is 19.2. The highest BCUT2D eigenvalue weighted by molar-refractivity contribution is 9.10. The molecule has 0 saturated carbocycles. The lowest BCUT2D eigenvalue weighted by Crippen LogP contribution is -2.40. The molecule has 6 rings (SSSR count). The minimum Gasteiger partial charge on any atom is -0.494 e. The van der Waals surface area contributed by atoms with E-state index >= 15 is 0 Å². The maximum Gasteiger partial charge on any atom is 0.229 e. The molecule has 5 aromatic rings. The van der Waals surface area contributed by atoms with Crippen molar-refractivity contribution in [1.29, 1.82) is 0 Å². The number of methoxy groups -OCH3 is 1. The standard InChI is InChI=1S/C29H31BrN9O4PS/c1-38-17-18(15-34-38)19-13-23(25(43-2)14-24(19)39-9-11-45(41,42)12-10-39)36-29-33-16-20(30)28(37-29)35-22-6-5-21-26(32-8-7-31-21)27(22)44(3,4)40/h5-8,13-17H,9-12H2,1-4H3,(H2,33,35,36,37). The van der Waals surface area contributed by atoms with Crippen molar-refractivity contribution in [3.63, 3.8) is 0 Å². The summed E-state index contributed by atoms with van der Waals surface area (Å²) >= 11 is 3.54. The molecule has 0 spiro atoms. The molecule has 2 aromatic carbocycles. The maximum atomic E-state index is 13.4. The molecule has 0 radical (unpaired) electrons. The normalized spacial score (nSPS) is 14.8. The zero-order chi connectivity index (χ0) is 31.9. The molecule has 1 aliphatic rings. The molecule has 1 fully saturated rings. The Morgan fingerprint density at radius 1 is 1.00 bits per heavy atom. The van der Waals surface area contributed by atoms with E-state index < -0.39 is 17.0 Å². The van der Waals surface area contributed by atoms with Crippen molar-refractivity contribution in [2.75, 3.05) is 60.6 Å². The van der Waals surface area contributed by atoms with Crippen LogP contribution in [0.4, 0.5) is 28.8 Å². The Morgan fingerprint density at radius 2 is 1.76 bits per heavy atom. The lowest BCUT2D eigenvalue weighted by Gasteiger charge is -2.31. The summed E-state index contributed by atoms with van der Waals surface area (Å²) in [6, 6.07) is 7.46. The van der Waals surface area contributed by atoms with Crippen molar-refractivity contribution in [2.24, 2.45) is 7.05 Å². The number of rotatable bonds is 8. The van der Waals surface area contributed by atoms with Crippen LogP contribution in [-0.2, 0) is 21.4 Å². The minimum atomic E-state index is -3.06. The molecular formula is C29H31BrN9O4PS. The second kappa shape index (κ2) is 12.0. The van der Waals surface area contributed by atoms with Crippen LogP contribution in [0.1, 0.15) is 0 Å². The van der Waals surface area contributed by atoms with Crippen LogP contribution in [0.2, 0.25) is 0 Å². The number of sulfone groups is 1. The van der Waals surface area contributed by atoms with Crippen LogP contribution in [0.15, 0.2) is 59.7 Å². The zero-order valence-electron chi connectivity index (χ0n) is 25.0. The smallest absolute Gasteiger partial charge is 0.229 e. The Hall–Kier alpha value is -4.07. The van der Waals surface area contributed by atoms with Gasteiger partial charge in [-0.15, -0.1) is 0 Å². The van der Waals surface area contributed by atoms with Gasteiger partial charge in [0.15, 0.2) is 9.84 Å². The highest BCUT2D eigenvalue weighted by Crippen LogP contribution is 2.42. The molecular weight excluding hydrogens is 681 g/mol. The van der Waals surface area contributed by atoms with Crippen LogP contribution in [0.5, 0.6) is 5.75 Å². The summed E-state index contributed by atoms with van der Waals surface area (Å²) in [5.74, 6) is 1.43.